The first-order chi connectivity index (χ1) is 8.16. The van der Waals surface area contributed by atoms with Gasteiger partial charge in [0.15, 0.2) is 0 Å². The molecule has 0 unspecified atom stereocenters. The van der Waals surface area contributed by atoms with Gasteiger partial charge in [-0.3, -0.25) is 0 Å². The van der Waals surface area contributed by atoms with E-state index in [1.54, 1.807) is 13.2 Å². The monoisotopic (exact) mass is 230 g/mol. The van der Waals surface area contributed by atoms with Gasteiger partial charge in [-0.15, -0.1) is 0 Å². The Hall–Kier alpha value is -2.10. The summed E-state index contributed by atoms with van der Waals surface area (Å²) in [4.78, 5) is 15.2. The molecule has 1 aromatic carbocycles. The number of rotatable bonds is 3. The average Bonchev–Trinajstić information content (AvgIpc) is 2.33. The molecule has 0 atom stereocenters. The highest BCUT2D eigenvalue weighted by molar-refractivity contribution is 5.21. The molecule has 2 aromatic rings. The minimum atomic E-state index is -0.307. The zero-order valence-corrected chi connectivity index (χ0v) is 9.88. The number of aryl methyl sites for hydroxylation is 2. The quantitative estimate of drug-likeness (QED) is 0.805. The summed E-state index contributed by atoms with van der Waals surface area (Å²) in [5, 5.41) is 0. The molecule has 0 aliphatic heterocycles. The van der Waals surface area contributed by atoms with Crippen molar-refractivity contribution in [3.8, 4) is 5.88 Å². The van der Waals surface area contributed by atoms with Crippen LogP contribution in [0.15, 0.2) is 41.3 Å². The lowest BCUT2D eigenvalue weighted by atomic mass is 10.2. The molecular formula is C13H14N2O2. The molecule has 0 spiro atoms. The molecule has 1 aromatic heterocycles. The van der Waals surface area contributed by atoms with E-state index < -0.39 is 0 Å². The highest BCUT2D eigenvalue weighted by Crippen LogP contribution is 2.12. The predicted octanol–water partition coefficient (Wildman–Crippen LogP) is 1.67. The molecule has 0 aliphatic carbocycles. The lowest BCUT2D eigenvalue weighted by Gasteiger charge is -2.08. The van der Waals surface area contributed by atoms with Gasteiger partial charge in [0.1, 0.15) is 6.61 Å². The van der Waals surface area contributed by atoms with E-state index >= 15 is 0 Å². The van der Waals surface area contributed by atoms with Gasteiger partial charge in [-0.1, -0.05) is 30.3 Å². The lowest BCUT2D eigenvalue weighted by Crippen LogP contribution is -2.20. The fraction of sp³-hybridized carbons (Fsp3) is 0.231. The van der Waals surface area contributed by atoms with E-state index in [1.807, 2.05) is 37.3 Å². The molecule has 17 heavy (non-hydrogen) atoms. The molecule has 0 bridgehead atoms. The first-order valence-electron chi connectivity index (χ1n) is 5.38. The average molecular weight is 230 g/mol. The fourth-order valence-electron chi connectivity index (χ4n) is 1.53. The summed E-state index contributed by atoms with van der Waals surface area (Å²) in [6, 6.07) is 9.78. The first-order valence-corrected chi connectivity index (χ1v) is 5.38. The zero-order chi connectivity index (χ0) is 12.3. The van der Waals surface area contributed by atoms with Gasteiger partial charge in [0, 0.05) is 18.8 Å². The Labute approximate surface area is 99.5 Å². The summed E-state index contributed by atoms with van der Waals surface area (Å²) in [7, 11) is 1.67. The third-order valence-corrected chi connectivity index (χ3v) is 2.44. The van der Waals surface area contributed by atoms with E-state index in [2.05, 4.69) is 4.98 Å². The third kappa shape index (κ3) is 2.72. The molecule has 4 nitrogen and oxygen atoms in total. The molecule has 0 saturated heterocycles. The summed E-state index contributed by atoms with van der Waals surface area (Å²) >= 11 is 0. The van der Waals surface area contributed by atoms with E-state index in [1.165, 1.54) is 4.57 Å². The molecule has 0 amide bonds. The van der Waals surface area contributed by atoms with Gasteiger partial charge in [-0.25, -0.2) is 4.79 Å². The van der Waals surface area contributed by atoms with E-state index in [9.17, 15) is 4.79 Å². The van der Waals surface area contributed by atoms with Gasteiger partial charge in [-0.05, 0) is 12.5 Å². The van der Waals surface area contributed by atoms with Gasteiger partial charge in [0.05, 0.1) is 0 Å². The molecule has 0 radical (unpaired) electrons. The summed E-state index contributed by atoms with van der Waals surface area (Å²) < 4.78 is 6.97. The van der Waals surface area contributed by atoms with Crippen LogP contribution in [0.3, 0.4) is 0 Å². The predicted molar refractivity (Wildman–Crippen MR) is 65.0 cm³/mol. The first kappa shape index (κ1) is 11.4. The summed E-state index contributed by atoms with van der Waals surface area (Å²) in [5.74, 6) is 0.400. The van der Waals surface area contributed by atoms with Crippen LogP contribution in [0.1, 0.15) is 11.1 Å². The van der Waals surface area contributed by atoms with Gasteiger partial charge in [0.2, 0.25) is 5.88 Å². The van der Waals surface area contributed by atoms with Crippen molar-refractivity contribution in [2.45, 2.75) is 13.5 Å². The van der Waals surface area contributed by atoms with Crippen LogP contribution in [0, 0.1) is 6.92 Å². The second-order valence-electron chi connectivity index (χ2n) is 3.90. The summed E-state index contributed by atoms with van der Waals surface area (Å²) in [6.45, 7) is 2.29. The zero-order valence-electron chi connectivity index (χ0n) is 9.88. The van der Waals surface area contributed by atoms with Crippen LogP contribution in [-0.4, -0.2) is 9.55 Å². The van der Waals surface area contributed by atoms with Crippen molar-refractivity contribution < 1.29 is 4.74 Å². The molecule has 2 rings (SSSR count). The maximum absolute atomic E-state index is 11.4. The number of nitrogens with zero attached hydrogens (tertiary/aromatic N) is 2. The van der Waals surface area contributed by atoms with Crippen LogP contribution in [0.5, 0.6) is 5.88 Å². The lowest BCUT2D eigenvalue weighted by molar-refractivity contribution is 0.289. The van der Waals surface area contributed by atoms with Crippen molar-refractivity contribution in [1.82, 2.24) is 9.55 Å². The fourth-order valence-corrected chi connectivity index (χ4v) is 1.53. The molecule has 1 heterocycles. The molecule has 0 saturated carbocycles. The van der Waals surface area contributed by atoms with E-state index in [0.717, 1.165) is 11.1 Å². The van der Waals surface area contributed by atoms with Crippen molar-refractivity contribution >= 4 is 0 Å². The molecule has 4 heteroatoms. The van der Waals surface area contributed by atoms with Gasteiger partial charge in [-0.2, -0.15) is 4.98 Å². The van der Waals surface area contributed by atoms with Crippen LogP contribution in [0.25, 0.3) is 0 Å². The second kappa shape index (κ2) is 4.82. The third-order valence-electron chi connectivity index (χ3n) is 2.44. The Morgan fingerprint density at radius 2 is 2.00 bits per heavy atom. The Morgan fingerprint density at radius 1 is 1.29 bits per heavy atom. The van der Waals surface area contributed by atoms with Gasteiger partial charge >= 0.3 is 5.69 Å². The Kier molecular flexibility index (Phi) is 3.23. The van der Waals surface area contributed by atoms with Crippen LogP contribution in [-0.2, 0) is 13.7 Å². The maximum Gasteiger partial charge on any atom is 0.350 e. The Morgan fingerprint density at radius 3 is 2.71 bits per heavy atom. The van der Waals surface area contributed by atoms with Crippen molar-refractivity contribution in [3.63, 3.8) is 0 Å². The largest absolute Gasteiger partial charge is 0.472 e. The smallest absolute Gasteiger partial charge is 0.350 e. The SMILES string of the molecule is Cc1cn(C)c(=O)nc1OCc1ccccc1. The van der Waals surface area contributed by atoms with Crippen LogP contribution in [0.4, 0.5) is 0 Å². The van der Waals surface area contributed by atoms with E-state index in [-0.39, 0.29) is 5.69 Å². The van der Waals surface area contributed by atoms with Crippen molar-refractivity contribution in [1.29, 1.82) is 0 Å². The molecule has 0 N–H and O–H groups in total. The molecule has 0 aliphatic rings. The summed E-state index contributed by atoms with van der Waals surface area (Å²) in [5.41, 5.74) is 1.59. The highest BCUT2D eigenvalue weighted by atomic mass is 16.5. The highest BCUT2D eigenvalue weighted by Gasteiger charge is 2.04. The van der Waals surface area contributed by atoms with Crippen molar-refractivity contribution in [2.24, 2.45) is 7.05 Å². The standard InChI is InChI=1S/C13H14N2O2/c1-10-8-15(2)13(16)14-12(10)17-9-11-6-4-3-5-7-11/h3-8H,9H2,1-2H3. The topological polar surface area (TPSA) is 44.1 Å². The van der Waals surface area contributed by atoms with Gasteiger partial charge in [0.25, 0.3) is 0 Å². The molecule has 88 valence electrons. The van der Waals surface area contributed by atoms with Gasteiger partial charge < -0.3 is 9.30 Å². The Balaban J connectivity index is 2.15. The minimum Gasteiger partial charge on any atom is -0.472 e. The van der Waals surface area contributed by atoms with Crippen molar-refractivity contribution in [2.75, 3.05) is 0 Å². The molecule has 0 fully saturated rings. The number of hydrogen-bond acceptors (Lipinski definition) is 3. The van der Waals surface area contributed by atoms with Crippen LogP contribution < -0.4 is 10.4 Å². The normalized spacial score (nSPS) is 10.2. The number of benzene rings is 1. The summed E-state index contributed by atoms with van der Waals surface area (Å²) in [6.07, 6.45) is 1.72. The Bertz CT molecular complexity index is 561. The maximum atomic E-state index is 11.4. The number of aromatic nitrogens is 2. The molecular weight excluding hydrogens is 216 g/mol. The number of ether oxygens (including phenoxy) is 1. The minimum absolute atomic E-state index is 0.307. The van der Waals surface area contributed by atoms with E-state index in [0.29, 0.717) is 12.5 Å². The van der Waals surface area contributed by atoms with Crippen LogP contribution in [0.2, 0.25) is 0 Å². The number of hydrogen-bond donors (Lipinski definition) is 0. The van der Waals surface area contributed by atoms with E-state index in [4.69, 9.17) is 4.74 Å². The van der Waals surface area contributed by atoms with Crippen molar-refractivity contribution in [3.05, 3.63) is 58.1 Å². The second-order valence-corrected chi connectivity index (χ2v) is 3.90. The van der Waals surface area contributed by atoms with Crippen LogP contribution >= 0.6 is 0 Å².